The summed E-state index contributed by atoms with van der Waals surface area (Å²) in [5.74, 6) is 0.00427. The molecule has 0 saturated carbocycles. The number of aromatic amines is 1. The Morgan fingerprint density at radius 2 is 2.14 bits per heavy atom. The first-order valence-electron chi connectivity index (χ1n) is 6.09. The van der Waals surface area contributed by atoms with E-state index in [1.165, 1.54) is 18.2 Å². The first-order valence-corrected chi connectivity index (χ1v) is 6.88. The summed E-state index contributed by atoms with van der Waals surface area (Å²) in [6.07, 6.45) is 3.40. The molecular weight excluding hydrogens is 339 g/mol. The quantitative estimate of drug-likeness (QED) is 0.774. The molecule has 1 aromatic carbocycles. The highest BCUT2D eigenvalue weighted by atomic mass is 79.9. The number of hydrogen-bond acceptors (Lipinski definition) is 3. The maximum atomic E-state index is 13.2. The van der Waals surface area contributed by atoms with E-state index in [0.717, 1.165) is 5.56 Å². The molecule has 7 heteroatoms. The molecule has 2 aromatic heterocycles. The van der Waals surface area contributed by atoms with Crippen molar-refractivity contribution in [1.29, 1.82) is 0 Å². The molecule has 1 N–H and O–H groups in total. The highest BCUT2D eigenvalue weighted by molar-refractivity contribution is 9.10. The van der Waals surface area contributed by atoms with Gasteiger partial charge in [0.15, 0.2) is 0 Å². The molecule has 3 rings (SSSR count). The average molecular weight is 349 g/mol. The molecule has 0 atom stereocenters. The lowest BCUT2D eigenvalue weighted by atomic mass is 10.2. The van der Waals surface area contributed by atoms with Crippen LogP contribution in [-0.2, 0) is 7.05 Å². The summed E-state index contributed by atoms with van der Waals surface area (Å²) in [5, 5.41) is 4.06. The van der Waals surface area contributed by atoms with Gasteiger partial charge in [-0.25, -0.2) is 9.37 Å². The van der Waals surface area contributed by atoms with Gasteiger partial charge in [0.05, 0.1) is 11.9 Å². The molecule has 0 aliphatic carbocycles. The lowest BCUT2D eigenvalue weighted by molar-refractivity contribution is 0.627. The number of nitrogens with zero attached hydrogens (tertiary/aromatic N) is 3. The lowest BCUT2D eigenvalue weighted by Gasteiger charge is -2.05. The predicted octanol–water partition coefficient (Wildman–Crippen LogP) is 2.74. The van der Waals surface area contributed by atoms with Crippen molar-refractivity contribution in [3.05, 3.63) is 57.3 Å². The van der Waals surface area contributed by atoms with E-state index in [4.69, 9.17) is 0 Å². The maximum Gasteiger partial charge on any atom is 0.251 e. The normalized spacial score (nSPS) is 10.8. The van der Waals surface area contributed by atoms with E-state index in [9.17, 15) is 9.18 Å². The average Bonchev–Trinajstić information content (AvgIpc) is 2.84. The molecule has 0 aliphatic heterocycles. The van der Waals surface area contributed by atoms with Gasteiger partial charge in [0.25, 0.3) is 5.56 Å². The number of aryl methyl sites for hydroxylation is 1. The molecular formula is C14H10BrFN4O. The summed E-state index contributed by atoms with van der Waals surface area (Å²) in [7, 11) is 1.79. The molecule has 106 valence electrons. The summed E-state index contributed by atoms with van der Waals surface area (Å²) < 4.78 is 15.3. The first kappa shape index (κ1) is 13.7. The van der Waals surface area contributed by atoms with Gasteiger partial charge in [0, 0.05) is 34.9 Å². The zero-order chi connectivity index (χ0) is 15.0. The van der Waals surface area contributed by atoms with Crippen molar-refractivity contribution >= 4 is 15.9 Å². The van der Waals surface area contributed by atoms with E-state index in [-0.39, 0.29) is 11.4 Å². The van der Waals surface area contributed by atoms with Crippen molar-refractivity contribution in [2.45, 2.75) is 0 Å². The Morgan fingerprint density at radius 3 is 2.81 bits per heavy atom. The summed E-state index contributed by atoms with van der Waals surface area (Å²) in [6, 6.07) is 5.60. The number of aromatic nitrogens is 4. The van der Waals surface area contributed by atoms with Crippen molar-refractivity contribution in [3.63, 3.8) is 0 Å². The van der Waals surface area contributed by atoms with Gasteiger partial charge in [-0.3, -0.25) is 9.48 Å². The van der Waals surface area contributed by atoms with Gasteiger partial charge in [-0.1, -0.05) is 0 Å². The highest BCUT2D eigenvalue weighted by Crippen LogP contribution is 2.27. The van der Waals surface area contributed by atoms with E-state index < -0.39 is 0 Å². The molecule has 5 nitrogen and oxygen atoms in total. The van der Waals surface area contributed by atoms with Crippen molar-refractivity contribution in [2.75, 3.05) is 0 Å². The van der Waals surface area contributed by atoms with Crippen LogP contribution in [0.2, 0.25) is 0 Å². The van der Waals surface area contributed by atoms with Crippen LogP contribution in [0.3, 0.4) is 0 Å². The van der Waals surface area contributed by atoms with Gasteiger partial charge in [-0.15, -0.1) is 0 Å². The number of benzene rings is 1. The van der Waals surface area contributed by atoms with Gasteiger partial charge in [-0.05, 0) is 34.1 Å². The molecule has 0 radical (unpaired) electrons. The van der Waals surface area contributed by atoms with Crippen LogP contribution in [0.1, 0.15) is 0 Å². The second kappa shape index (κ2) is 5.25. The van der Waals surface area contributed by atoms with E-state index >= 15 is 0 Å². The molecule has 0 aliphatic rings. The third-order valence-corrected chi connectivity index (χ3v) is 3.58. The van der Waals surface area contributed by atoms with Gasteiger partial charge in [0.1, 0.15) is 11.6 Å². The monoisotopic (exact) mass is 348 g/mol. The largest absolute Gasteiger partial charge is 0.306 e. The van der Waals surface area contributed by atoms with Gasteiger partial charge < -0.3 is 4.98 Å². The Kier molecular flexibility index (Phi) is 3.42. The summed E-state index contributed by atoms with van der Waals surface area (Å²) in [5.41, 5.74) is 1.58. The fourth-order valence-corrected chi connectivity index (χ4v) is 2.51. The van der Waals surface area contributed by atoms with Gasteiger partial charge in [0.2, 0.25) is 0 Å². The number of hydrogen-bond donors (Lipinski definition) is 1. The van der Waals surface area contributed by atoms with Crippen LogP contribution in [0.5, 0.6) is 0 Å². The van der Waals surface area contributed by atoms with Crippen molar-refractivity contribution in [3.8, 4) is 22.6 Å². The van der Waals surface area contributed by atoms with Crippen molar-refractivity contribution in [2.24, 2.45) is 7.05 Å². The smallest absolute Gasteiger partial charge is 0.251 e. The molecule has 2 heterocycles. The van der Waals surface area contributed by atoms with Crippen molar-refractivity contribution in [1.82, 2.24) is 19.7 Å². The molecule has 0 saturated heterocycles. The van der Waals surface area contributed by atoms with Crippen LogP contribution in [0.4, 0.5) is 4.39 Å². The minimum Gasteiger partial charge on any atom is -0.306 e. The number of H-pyrrole nitrogens is 1. The number of nitrogens with one attached hydrogen (secondary N) is 1. The van der Waals surface area contributed by atoms with Crippen LogP contribution in [0.15, 0.2) is 45.9 Å². The van der Waals surface area contributed by atoms with Crippen LogP contribution < -0.4 is 5.56 Å². The van der Waals surface area contributed by atoms with Crippen LogP contribution in [0.25, 0.3) is 22.6 Å². The minimum atomic E-state index is -0.364. The Balaban J connectivity index is 2.16. The maximum absolute atomic E-state index is 13.2. The second-order valence-electron chi connectivity index (χ2n) is 4.51. The number of rotatable bonds is 2. The summed E-state index contributed by atoms with van der Waals surface area (Å²) >= 11 is 3.27. The summed E-state index contributed by atoms with van der Waals surface area (Å²) in [4.78, 5) is 18.9. The third kappa shape index (κ3) is 2.78. The standard InChI is InChI=1S/C14H10BrFN4O/c1-20-7-8(6-17-20)12-5-13(21)19-14(18-12)10-3-2-9(16)4-11(10)15/h2-7H,1H3,(H,18,19,21). The third-order valence-electron chi connectivity index (χ3n) is 2.93. The first-order chi connectivity index (χ1) is 10.0. The lowest BCUT2D eigenvalue weighted by Crippen LogP contribution is -2.08. The molecule has 0 unspecified atom stereocenters. The molecule has 0 spiro atoms. The molecule has 0 amide bonds. The fraction of sp³-hybridized carbons (Fsp3) is 0.0714. The van der Waals surface area contributed by atoms with Crippen LogP contribution >= 0.6 is 15.9 Å². The van der Waals surface area contributed by atoms with E-state index in [1.54, 1.807) is 30.2 Å². The summed E-state index contributed by atoms with van der Waals surface area (Å²) in [6.45, 7) is 0. The fourth-order valence-electron chi connectivity index (χ4n) is 1.97. The Bertz CT molecular complexity index is 871. The predicted molar refractivity (Wildman–Crippen MR) is 80.2 cm³/mol. The van der Waals surface area contributed by atoms with Crippen LogP contribution in [-0.4, -0.2) is 19.7 Å². The van der Waals surface area contributed by atoms with E-state index in [0.29, 0.717) is 21.6 Å². The molecule has 3 aromatic rings. The highest BCUT2D eigenvalue weighted by Gasteiger charge is 2.10. The van der Waals surface area contributed by atoms with Crippen molar-refractivity contribution < 1.29 is 4.39 Å². The zero-order valence-electron chi connectivity index (χ0n) is 11.0. The topological polar surface area (TPSA) is 63.6 Å². The van der Waals surface area contributed by atoms with E-state index in [2.05, 4.69) is 31.0 Å². The van der Waals surface area contributed by atoms with Crippen LogP contribution in [0, 0.1) is 5.82 Å². The second-order valence-corrected chi connectivity index (χ2v) is 5.36. The van der Waals surface area contributed by atoms with E-state index in [1.807, 2.05) is 0 Å². The van der Waals surface area contributed by atoms with Gasteiger partial charge >= 0.3 is 0 Å². The number of halogens is 2. The Hall–Kier alpha value is -2.28. The van der Waals surface area contributed by atoms with Gasteiger partial charge in [-0.2, -0.15) is 5.10 Å². The molecule has 21 heavy (non-hydrogen) atoms. The SMILES string of the molecule is Cn1cc(-c2cc(=O)[nH]c(-c3ccc(F)cc3Br)n2)cn1. The Labute approximate surface area is 127 Å². The zero-order valence-corrected chi connectivity index (χ0v) is 12.6. The Morgan fingerprint density at radius 1 is 1.33 bits per heavy atom. The minimum absolute atomic E-state index is 0.282. The molecule has 0 fully saturated rings. The molecule has 0 bridgehead atoms.